The molecule has 1 amide bonds. The number of aromatic nitrogens is 1. The molecule has 210 valence electrons. The topological polar surface area (TPSA) is 81.5 Å². The molecule has 7 nitrogen and oxygen atoms in total. The summed E-state index contributed by atoms with van der Waals surface area (Å²) in [5, 5.41) is 14.4. The van der Waals surface area contributed by atoms with Crippen LogP contribution >= 0.6 is 0 Å². The van der Waals surface area contributed by atoms with E-state index >= 15 is 0 Å². The molecule has 7 heteroatoms. The van der Waals surface area contributed by atoms with Crippen LogP contribution in [0.1, 0.15) is 69.6 Å². The molecule has 0 radical (unpaired) electrons. The molecule has 2 aliphatic heterocycles. The fourth-order valence-electron chi connectivity index (χ4n) is 6.11. The molecule has 0 spiro atoms. The standard InChI is InChI=1S/C33H41N5O2/c1-23-18-28(22-38(21-23)30-12-11-27(19-34)31-29(30)6-5-15-35-31)36-20-24-7-9-25(10-8-24)26-13-16-37(17-14-26)32(39)40-33(2,3)4/h5-12,15,23,26,28,36H,13-14,16-18,20-22H2,1-4H3/t23-,28+/m0/s1. The van der Waals surface area contributed by atoms with Crippen molar-refractivity contribution in [2.75, 3.05) is 31.1 Å². The van der Waals surface area contributed by atoms with E-state index in [0.29, 0.717) is 23.4 Å². The predicted octanol–water partition coefficient (Wildman–Crippen LogP) is 6.23. The number of nitrogens with zero attached hydrogens (tertiary/aromatic N) is 4. The third-order valence-corrected chi connectivity index (χ3v) is 8.06. The lowest BCUT2D eigenvalue weighted by atomic mass is 9.89. The highest BCUT2D eigenvalue weighted by Crippen LogP contribution is 2.32. The second-order valence-electron chi connectivity index (χ2n) is 12.5. The molecule has 2 aliphatic rings. The molecule has 5 rings (SSSR count). The van der Waals surface area contributed by atoms with Gasteiger partial charge in [0.1, 0.15) is 11.7 Å². The lowest BCUT2D eigenvalue weighted by Crippen LogP contribution is -2.48. The maximum atomic E-state index is 12.4. The van der Waals surface area contributed by atoms with Crippen LogP contribution < -0.4 is 10.2 Å². The Morgan fingerprint density at radius 1 is 1.10 bits per heavy atom. The Hall–Kier alpha value is -3.63. The number of piperidine rings is 2. The van der Waals surface area contributed by atoms with E-state index in [4.69, 9.17) is 4.74 Å². The van der Waals surface area contributed by atoms with Crippen molar-refractivity contribution in [2.24, 2.45) is 5.92 Å². The summed E-state index contributed by atoms with van der Waals surface area (Å²) in [6, 6.07) is 19.7. The van der Waals surface area contributed by atoms with Gasteiger partial charge in [0.25, 0.3) is 0 Å². The number of benzene rings is 2. The van der Waals surface area contributed by atoms with Gasteiger partial charge in [-0.05, 0) is 87.3 Å². The van der Waals surface area contributed by atoms with Gasteiger partial charge in [-0.1, -0.05) is 31.2 Å². The SMILES string of the molecule is C[C@H]1C[C@@H](NCc2ccc(C3CCN(C(=O)OC(C)(C)C)CC3)cc2)CN(c2ccc(C#N)c3ncccc23)C1. The van der Waals surface area contributed by atoms with Crippen LogP contribution in [0.25, 0.3) is 10.9 Å². The predicted molar refractivity (Wildman–Crippen MR) is 159 cm³/mol. The van der Waals surface area contributed by atoms with E-state index in [2.05, 4.69) is 64.6 Å². The minimum atomic E-state index is -0.457. The first-order chi connectivity index (χ1) is 19.2. The van der Waals surface area contributed by atoms with Crippen LogP contribution in [0.3, 0.4) is 0 Å². The molecule has 0 saturated carbocycles. The van der Waals surface area contributed by atoms with E-state index in [0.717, 1.165) is 68.6 Å². The number of nitriles is 1. The van der Waals surface area contributed by atoms with Gasteiger partial charge in [-0.3, -0.25) is 4.98 Å². The van der Waals surface area contributed by atoms with Crippen molar-refractivity contribution in [3.63, 3.8) is 0 Å². The number of rotatable bonds is 5. The first-order valence-corrected chi connectivity index (χ1v) is 14.5. The van der Waals surface area contributed by atoms with Crippen LogP contribution in [-0.2, 0) is 11.3 Å². The van der Waals surface area contributed by atoms with Gasteiger partial charge >= 0.3 is 6.09 Å². The highest BCUT2D eigenvalue weighted by atomic mass is 16.6. The van der Waals surface area contributed by atoms with Gasteiger partial charge in [0, 0.05) is 56.0 Å². The van der Waals surface area contributed by atoms with E-state index in [1.54, 1.807) is 6.20 Å². The van der Waals surface area contributed by atoms with Gasteiger partial charge in [-0.25, -0.2) is 4.79 Å². The average Bonchev–Trinajstić information content (AvgIpc) is 2.94. The summed E-state index contributed by atoms with van der Waals surface area (Å²) in [6.07, 6.45) is 4.62. The molecule has 0 unspecified atom stereocenters. The zero-order chi connectivity index (χ0) is 28.3. The number of fused-ring (bicyclic) bond motifs is 1. The maximum absolute atomic E-state index is 12.4. The molecule has 0 bridgehead atoms. The van der Waals surface area contributed by atoms with Crippen molar-refractivity contribution in [2.45, 2.75) is 71.1 Å². The van der Waals surface area contributed by atoms with E-state index in [9.17, 15) is 10.1 Å². The summed E-state index contributed by atoms with van der Waals surface area (Å²) in [4.78, 5) is 21.2. The van der Waals surface area contributed by atoms with Crippen LogP contribution in [0.15, 0.2) is 54.7 Å². The van der Waals surface area contributed by atoms with Gasteiger partial charge in [0.05, 0.1) is 11.1 Å². The zero-order valence-corrected chi connectivity index (χ0v) is 24.2. The lowest BCUT2D eigenvalue weighted by Gasteiger charge is -2.39. The summed E-state index contributed by atoms with van der Waals surface area (Å²) in [6.45, 7) is 12.3. The lowest BCUT2D eigenvalue weighted by molar-refractivity contribution is 0.0205. The number of carbonyl (C=O) groups is 1. The largest absolute Gasteiger partial charge is 0.444 e. The molecule has 1 N–H and O–H groups in total. The van der Waals surface area contributed by atoms with Crippen LogP contribution in [0.2, 0.25) is 0 Å². The molecular weight excluding hydrogens is 498 g/mol. The van der Waals surface area contributed by atoms with Gasteiger partial charge < -0.3 is 19.9 Å². The Morgan fingerprint density at radius 3 is 2.55 bits per heavy atom. The number of nitrogens with one attached hydrogen (secondary N) is 1. The van der Waals surface area contributed by atoms with Crippen molar-refractivity contribution < 1.29 is 9.53 Å². The number of likely N-dealkylation sites (tertiary alicyclic amines) is 1. The number of hydrogen-bond acceptors (Lipinski definition) is 6. The first-order valence-electron chi connectivity index (χ1n) is 14.5. The second kappa shape index (κ2) is 11.9. The molecule has 0 aliphatic carbocycles. The monoisotopic (exact) mass is 539 g/mol. The number of anilines is 1. The Kier molecular flexibility index (Phi) is 8.27. The Labute approximate surface area is 238 Å². The van der Waals surface area contributed by atoms with E-state index in [1.165, 1.54) is 11.1 Å². The fourth-order valence-corrected chi connectivity index (χ4v) is 6.11. The third kappa shape index (κ3) is 6.56. The molecule has 2 fully saturated rings. The van der Waals surface area contributed by atoms with Crippen molar-refractivity contribution in [1.82, 2.24) is 15.2 Å². The zero-order valence-electron chi connectivity index (χ0n) is 24.2. The fraction of sp³-hybridized carbons (Fsp3) is 0.485. The smallest absolute Gasteiger partial charge is 0.410 e. The number of amides is 1. The summed E-state index contributed by atoms with van der Waals surface area (Å²) < 4.78 is 5.54. The Balaban J connectivity index is 1.16. The maximum Gasteiger partial charge on any atom is 0.410 e. The van der Waals surface area contributed by atoms with Crippen LogP contribution in [0.4, 0.5) is 10.5 Å². The molecule has 2 atom stereocenters. The third-order valence-electron chi connectivity index (χ3n) is 8.06. The van der Waals surface area contributed by atoms with Crippen LogP contribution in [0.5, 0.6) is 0 Å². The van der Waals surface area contributed by atoms with E-state index in [-0.39, 0.29) is 6.09 Å². The van der Waals surface area contributed by atoms with Crippen LogP contribution in [0, 0.1) is 17.2 Å². The molecule has 40 heavy (non-hydrogen) atoms. The van der Waals surface area contributed by atoms with Crippen molar-refractivity contribution in [1.29, 1.82) is 5.26 Å². The average molecular weight is 540 g/mol. The van der Waals surface area contributed by atoms with Gasteiger partial charge in [0.2, 0.25) is 0 Å². The molecular formula is C33H41N5O2. The molecule has 2 aromatic carbocycles. The summed E-state index contributed by atoms with van der Waals surface area (Å²) in [7, 11) is 0. The molecule has 2 saturated heterocycles. The van der Waals surface area contributed by atoms with Crippen molar-refractivity contribution in [3.8, 4) is 6.07 Å². The summed E-state index contributed by atoms with van der Waals surface area (Å²) >= 11 is 0. The number of ether oxygens (including phenoxy) is 1. The minimum absolute atomic E-state index is 0.202. The molecule has 3 aromatic rings. The van der Waals surface area contributed by atoms with Crippen molar-refractivity contribution in [3.05, 3.63) is 71.4 Å². The Morgan fingerprint density at radius 2 is 1.85 bits per heavy atom. The van der Waals surface area contributed by atoms with Gasteiger partial charge in [0.15, 0.2) is 0 Å². The second-order valence-corrected chi connectivity index (χ2v) is 12.5. The number of hydrogen-bond donors (Lipinski definition) is 1. The quantitative estimate of drug-likeness (QED) is 0.414. The van der Waals surface area contributed by atoms with Crippen molar-refractivity contribution >= 4 is 22.7 Å². The molecule has 3 heterocycles. The summed E-state index contributed by atoms with van der Waals surface area (Å²) in [5.41, 5.74) is 4.74. The van der Waals surface area contributed by atoms with Gasteiger partial charge in [-0.15, -0.1) is 0 Å². The first kappa shape index (κ1) is 27.9. The van der Waals surface area contributed by atoms with Crippen LogP contribution in [-0.4, -0.2) is 53.8 Å². The summed E-state index contributed by atoms with van der Waals surface area (Å²) in [5.74, 6) is 1.03. The van der Waals surface area contributed by atoms with E-state index < -0.39 is 5.60 Å². The highest BCUT2D eigenvalue weighted by molar-refractivity contribution is 5.95. The highest BCUT2D eigenvalue weighted by Gasteiger charge is 2.28. The number of carbonyl (C=O) groups excluding carboxylic acids is 1. The van der Waals surface area contributed by atoms with E-state index in [1.807, 2.05) is 37.8 Å². The Bertz CT molecular complexity index is 1370. The van der Waals surface area contributed by atoms with Gasteiger partial charge in [-0.2, -0.15) is 5.26 Å². The molecule has 1 aromatic heterocycles. The minimum Gasteiger partial charge on any atom is -0.444 e. The number of pyridine rings is 1. The normalized spacial score (nSPS) is 20.4.